The number of nitrogens with zero attached hydrogens (tertiary/aromatic N) is 2. The topological polar surface area (TPSA) is 53.5 Å². The number of ether oxygens (including phenoxy) is 2. The van der Waals surface area contributed by atoms with Crippen LogP contribution in [0.4, 0.5) is 0 Å². The zero-order valence-electron chi connectivity index (χ0n) is 6.57. The second-order valence-electron chi connectivity index (χ2n) is 1.81. The van der Waals surface area contributed by atoms with E-state index in [4.69, 9.17) is 13.3 Å². The molecule has 1 heterocycles. The van der Waals surface area contributed by atoms with E-state index in [1.807, 2.05) is 0 Å². The third kappa shape index (κ3) is 1.76. The van der Waals surface area contributed by atoms with Crippen LogP contribution in [0.5, 0.6) is 17.6 Å². The van der Waals surface area contributed by atoms with Gasteiger partial charge in [-0.25, -0.2) is 0 Å². The van der Waals surface area contributed by atoms with Crippen molar-refractivity contribution in [3.05, 3.63) is 6.20 Å². The number of aromatic nitrogens is 2. The van der Waals surface area contributed by atoms with Crippen LogP contribution in [0.2, 0.25) is 0 Å². The Morgan fingerprint density at radius 1 is 1.33 bits per heavy atom. The first-order valence-corrected chi connectivity index (χ1v) is 3.70. The molecule has 0 N–H and O–H groups in total. The van der Waals surface area contributed by atoms with Crippen molar-refractivity contribution in [2.45, 2.75) is 0 Å². The molecule has 0 bridgehead atoms. The van der Waals surface area contributed by atoms with Gasteiger partial charge in [0.1, 0.15) is 0 Å². The zero-order valence-corrected chi connectivity index (χ0v) is 8.16. The molecule has 66 valence electrons. The molecule has 0 aliphatic rings. The molecule has 1 aromatic rings. The molecule has 0 saturated carbocycles. The monoisotopic (exact) mass is 234 g/mol. The summed E-state index contributed by atoms with van der Waals surface area (Å²) >= 11 is 2.79. The van der Waals surface area contributed by atoms with Gasteiger partial charge in [0.05, 0.1) is 20.4 Å². The van der Waals surface area contributed by atoms with E-state index in [0.29, 0.717) is 11.6 Å². The van der Waals surface area contributed by atoms with E-state index < -0.39 is 0 Å². The molecule has 0 aromatic carbocycles. The maximum atomic E-state index is 4.89. The number of methoxy groups -OCH3 is 2. The van der Waals surface area contributed by atoms with Gasteiger partial charge in [-0.1, -0.05) is 0 Å². The summed E-state index contributed by atoms with van der Waals surface area (Å²) in [6.45, 7) is 0. The van der Waals surface area contributed by atoms with Gasteiger partial charge in [0.2, 0.25) is 5.75 Å². The van der Waals surface area contributed by atoms with E-state index in [1.165, 1.54) is 20.4 Å². The smallest absolute Gasteiger partial charge is 0.319 e. The molecule has 0 radical (unpaired) electrons. The predicted molar refractivity (Wildman–Crippen MR) is 44.7 cm³/mol. The molecular weight excluding hydrogens is 228 g/mol. The fraction of sp³-hybridized carbons (Fsp3) is 0.333. The van der Waals surface area contributed by atoms with Gasteiger partial charge in [0, 0.05) is 0 Å². The molecule has 0 fully saturated rings. The highest BCUT2D eigenvalue weighted by atomic mass is 79.9. The molecule has 0 aliphatic heterocycles. The van der Waals surface area contributed by atoms with Gasteiger partial charge < -0.3 is 13.3 Å². The first-order valence-electron chi connectivity index (χ1n) is 3.05. The summed E-state index contributed by atoms with van der Waals surface area (Å²) in [7, 11) is 2.96. The molecule has 0 aliphatic carbocycles. The Balaban J connectivity index is 3.02. The van der Waals surface area contributed by atoms with Gasteiger partial charge in [-0.05, 0) is 0 Å². The Labute approximate surface area is 78.1 Å². The minimum absolute atomic E-state index is 0.236. The molecule has 0 unspecified atom stereocenters. The van der Waals surface area contributed by atoms with Gasteiger partial charge in [-0.2, -0.15) is 9.97 Å². The SMILES string of the molecule is COc1ncc(OBr)c(OC)n1. The molecule has 0 saturated heterocycles. The fourth-order valence-corrected chi connectivity index (χ4v) is 0.859. The van der Waals surface area contributed by atoms with Gasteiger partial charge in [0.25, 0.3) is 5.88 Å². The van der Waals surface area contributed by atoms with Crippen LogP contribution in [0.15, 0.2) is 6.20 Å². The zero-order chi connectivity index (χ0) is 8.97. The quantitative estimate of drug-likeness (QED) is 0.787. The molecule has 6 heteroatoms. The average Bonchev–Trinajstić information content (AvgIpc) is 2.16. The third-order valence-electron chi connectivity index (χ3n) is 1.16. The minimum atomic E-state index is 0.236. The first kappa shape index (κ1) is 9.05. The largest absolute Gasteiger partial charge is 0.478 e. The number of hydrogen-bond acceptors (Lipinski definition) is 5. The van der Waals surface area contributed by atoms with Crippen LogP contribution in [0.25, 0.3) is 0 Å². The predicted octanol–water partition coefficient (Wildman–Crippen LogP) is 1.18. The molecule has 1 rings (SSSR count). The van der Waals surface area contributed by atoms with E-state index in [1.54, 1.807) is 0 Å². The lowest BCUT2D eigenvalue weighted by molar-refractivity contribution is 0.344. The standard InChI is InChI=1S/C6H7BrN2O3/c1-10-5-4(12-7)3-8-6(9-5)11-2/h3H,1-2H3. The van der Waals surface area contributed by atoms with E-state index in [-0.39, 0.29) is 6.01 Å². The second-order valence-corrected chi connectivity index (χ2v) is 2.13. The van der Waals surface area contributed by atoms with Crippen LogP contribution in [0.1, 0.15) is 0 Å². The van der Waals surface area contributed by atoms with Gasteiger partial charge in [-0.15, -0.1) is 0 Å². The van der Waals surface area contributed by atoms with Crippen molar-refractivity contribution in [1.29, 1.82) is 0 Å². The molecule has 0 spiro atoms. The van der Waals surface area contributed by atoms with E-state index in [0.717, 1.165) is 0 Å². The highest BCUT2D eigenvalue weighted by Gasteiger charge is 2.07. The van der Waals surface area contributed by atoms with Crippen molar-refractivity contribution < 1.29 is 13.3 Å². The molecule has 0 amide bonds. The number of rotatable bonds is 3. The molecular formula is C6H7BrN2O3. The summed E-state index contributed by atoms with van der Waals surface area (Å²) in [6, 6.07) is 0.236. The van der Waals surface area contributed by atoms with Crippen molar-refractivity contribution >= 4 is 16.3 Å². The number of halogens is 1. The summed E-state index contributed by atoms with van der Waals surface area (Å²) in [6.07, 6.45) is 1.44. The first-order chi connectivity index (χ1) is 5.81. The van der Waals surface area contributed by atoms with Crippen LogP contribution in [0, 0.1) is 0 Å². The van der Waals surface area contributed by atoms with E-state index in [9.17, 15) is 0 Å². The lowest BCUT2D eigenvalue weighted by atomic mass is 10.6. The Hall–Kier alpha value is -1.04. The molecule has 5 nitrogen and oxygen atoms in total. The summed E-state index contributed by atoms with van der Waals surface area (Å²) in [5, 5.41) is 0. The van der Waals surface area contributed by atoms with Crippen LogP contribution < -0.4 is 13.3 Å². The van der Waals surface area contributed by atoms with Crippen LogP contribution in [0.3, 0.4) is 0 Å². The number of hydrogen-bond donors (Lipinski definition) is 0. The van der Waals surface area contributed by atoms with E-state index in [2.05, 4.69) is 26.2 Å². The summed E-state index contributed by atoms with van der Waals surface area (Å²) < 4.78 is 14.4. The Morgan fingerprint density at radius 3 is 2.58 bits per heavy atom. The Bertz CT molecular complexity index is 269. The second kappa shape index (κ2) is 4.10. The van der Waals surface area contributed by atoms with Gasteiger partial charge in [-0.3, -0.25) is 0 Å². The Kier molecular flexibility index (Phi) is 3.09. The highest BCUT2D eigenvalue weighted by molar-refractivity contribution is 9.06. The van der Waals surface area contributed by atoms with Gasteiger partial charge >= 0.3 is 6.01 Å². The lowest BCUT2D eigenvalue weighted by Crippen LogP contribution is -1.96. The fourth-order valence-electron chi connectivity index (χ4n) is 0.637. The van der Waals surface area contributed by atoms with Crippen molar-refractivity contribution in [2.75, 3.05) is 14.2 Å². The Morgan fingerprint density at radius 2 is 2.08 bits per heavy atom. The average molecular weight is 235 g/mol. The summed E-state index contributed by atoms with van der Waals surface area (Å²) in [5.74, 6) is 0.719. The third-order valence-corrected chi connectivity index (χ3v) is 1.51. The lowest BCUT2D eigenvalue weighted by Gasteiger charge is -2.04. The normalized spacial score (nSPS) is 9.25. The minimum Gasteiger partial charge on any atom is -0.478 e. The summed E-state index contributed by atoms with van der Waals surface area (Å²) in [4.78, 5) is 7.68. The maximum absolute atomic E-state index is 4.89. The highest BCUT2D eigenvalue weighted by Crippen LogP contribution is 2.25. The van der Waals surface area contributed by atoms with Crippen molar-refractivity contribution in [2.24, 2.45) is 0 Å². The van der Waals surface area contributed by atoms with Crippen LogP contribution in [-0.2, 0) is 0 Å². The van der Waals surface area contributed by atoms with Gasteiger partial charge in [0.15, 0.2) is 16.3 Å². The maximum Gasteiger partial charge on any atom is 0.319 e. The van der Waals surface area contributed by atoms with Crippen molar-refractivity contribution in [3.8, 4) is 17.6 Å². The molecule has 0 atom stereocenters. The van der Waals surface area contributed by atoms with Crippen LogP contribution in [-0.4, -0.2) is 24.2 Å². The van der Waals surface area contributed by atoms with Crippen molar-refractivity contribution in [1.82, 2.24) is 9.97 Å². The molecule has 1 aromatic heterocycles. The van der Waals surface area contributed by atoms with Crippen molar-refractivity contribution in [3.63, 3.8) is 0 Å². The van der Waals surface area contributed by atoms with Crippen LogP contribution >= 0.6 is 16.3 Å². The van der Waals surface area contributed by atoms with E-state index >= 15 is 0 Å². The molecule has 12 heavy (non-hydrogen) atoms. The summed E-state index contributed by atoms with van der Waals surface area (Å²) in [5.41, 5.74) is 0.